The van der Waals surface area contributed by atoms with E-state index in [2.05, 4.69) is 5.32 Å². The second kappa shape index (κ2) is 7.33. The molecule has 0 aromatic heterocycles. The Morgan fingerprint density at radius 3 is 2.11 bits per heavy atom. The van der Waals surface area contributed by atoms with Gasteiger partial charge in [-0.25, -0.2) is 0 Å². The largest absolute Gasteiger partial charge is 0.481 e. The van der Waals surface area contributed by atoms with Crippen LogP contribution in [0.1, 0.15) is 33.6 Å². The molecule has 0 radical (unpaired) electrons. The number of methoxy groups -OCH3 is 2. The van der Waals surface area contributed by atoms with Crippen molar-refractivity contribution in [3.05, 3.63) is 0 Å². The summed E-state index contributed by atoms with van der Waals surface area (Å²) >= 11 is 0. The monoisotopic (exact) mass is 261 g/mol. The van der Waals surface area contributed by atoms with Crippen LogP contribution in [0.15, 0.2) is 0 Å². The van der Waals surface area contributed by atoms with Gasteiger partial charge >= 0.3 is 5.97 Å². The number of hydrogen-bond donors (Lipinski definition) is 2. The summed E-state index contributed by atoms with van der Waals surface area (Å²) < 4.78 is 10.1. The van der Waals surface area contributed by atoms with Crippen LogP contribution in [-0.4, -0.2) is 43.5 Å². The van der Waals surface area contributed by atoms with Gasteiger partial charge in [0.05, 0.1) is 12.5 Å². The number of carbonyl (C=O) groups is 2. The molecule has 0 aliphatic heterocycles. The van der Waals surface area contributed by atoms with Crippen LogP contribution in [0.4, 0.5) is 0 Å². The van der Waals surface area contributed by atoms with Crippen molar-refractivity contribution < 1.29 is 24.2 Å². The van der Waals surface area contributed by atoms with E-state index in [9.17, 15) is 9.59 Å². The van der Waals surface area contributed by atoms with Gasteiger partial charge in [0.15, 0.2) is 6.29 Å². The number of carboxylic acid groups (broad SMARTS) is 1. The zero-order valence-corrected chi connectivity index (χ0v) is 11.6. The molecule has 0 rings (SSSR count). The third-order valence-corrected chi connectivity index (χ3v) is 2.53. The van der Waals surface area contributed by atoms with Gasteiger partial charge in [-0.05, 0) is 12.3 Å². The fraction of sp³-hybridized carbons (Fsp3) is 0.833. The fourth-order valence-electron chi connectivity index (χ4n) is 1.78. The zero-order valence-electron chi connectivity index (χ0n) is 11.6. The molecule has 0 heterocycles. The second-order valence-corrected chi connectivity index (χ2v) is 5.11. The molecule has 0 saturated heterocycles. The molecule has 2 N–H and O–H groups in total. The predicted octanol–water partition coefficient (Wildman–Crippen LogP) is 1.00. The first-order valence-electron chi connectivity index (χ1n) is 5.78. The third kappa shape index (κ3) is 6.56. The van der Waals surface area contributed by atoms with Gasteiger partial charge < -0.3 is 19.9 Å². The van der Waals surface area contributed by atoms with E-state index in [-0.39, 0.29) is 24.8 Å². The highest BCUT2D eigenvalue weighted by molar-refractivity contribution is 5.78. The summed E-state index contributed by atoms with van der Waals surface area (Å²) in [5.41, 5.74) is -0.578. The van der Waals surface area contributed by atoms with Crippen molar-refractivity contribution in [2.75, 3.05) is 14.2 Å². The van der Waals surface area contributed by atoms with Crippen LogP contribution >= 0.6 is 0 Å². The SMILES string of the molecule is COC(OC)C(C)NC(=O)CC(C)(C)CC(=O)O. The molecule has 6 nitrogen and oxygen atoms in total. The highest BCUT2D eigenvalue weighted by atomic mass is 16.7. The van der Waals surface area contributed by atoms with E-state index < -0.39 is 17.7 Å². The van der Waals surface area contributed by atoms with Gasteiger partial charge in [0, 0.05) is 20.6 Å². The average Bonchev–Trinajstić information content (AvgIpc) is 2.15. The number of ether oxygens (including phenoxy) is 2. The van der Waals surface area contributed by atoms with E-state index in [1.807, 2.05) is 0 Å². The van der Waals surface area contributed by atoms with Crippen LogP contribution in [-0.2, 0) is 19.1 Å². The number of carboxylic acids is 1. The second-order valence-electron chi connectivity index (χ2n) is 5.11. The van der Waals surface area contributed by atoms with E-state index >= 15 is 0 Å². The third-order valence-electron chi connectivity index (χ3n) is 2.53. The first-order valence-corrected chi connectivity index (χ1v) is 5.78. The van der Waals surface area contributed by atoms with Crippen molar-refractivity contribution in [3.63, 3.8) is 0 Å². The number of hydrogen-bond acceptors (Lipinski definition) is 4. The molecule has 0 aliphatic carbocycles. The van der Waals surface area contributed by atoms with E-state index in [0.29, 0.717) is 0 Å². The van der Waals surface area contributed by atoms with Gasteiger partial charge in [0.2, 0.25) is 5.91 Å². The molecule has 6 heteroatoms. The standard InChI is InChI=1S/C12H23NO5/c1-8(11(17-4)18-5)13-9(14)6-12(2,3)7-10(15)16/h8,11H,6-7H2,1-5H3,(H,13,14)(H,15,16). The van der Waals surface area contributed by atoms with E-state index in [4.69, 9.17) is 14.6 Å². The van der Waals surface area contributed by atoms with Crippen molar-refractivity contribution in [2.45, 2.75) is 45.9 Å². The minimum atomic E-state index is -0.910. The highest BCUT2D eigenvalue weighted by Crippen LogP contribution is 2.24. The van der Waals surface area contributed by atoms with Crippen LogP contribution in [0.2, 0.25) is 0 Å². The van der Waals surface area contributed by atoms with Crippen molar-refractivity contribution in [2.24, 2.45) is 5.41 Å². The van der Waals surface area contributed by atoms with E-state index in [1.165, 1.54) is 14.2 Å². The number of aliphatic carboxylic acids is 1. The molecule has 106 valence electrons. The van der Waals surface area contributed by atoms with Crippen LogP contribution in [0.5, 0.6) is 0 Å². The fourth-order valence-corrected chi connectivity index (χ4v) is 1.78. The van der Waals surface area contributed by atoms with Gasteiger partial charge in [-0.2, -0.15) is 0 Å². The molecular weight excluding hydrogens is 238 g/mol. The smallest absolute Gasteiger partial charge is 0.303 e. The molecular formula is C12H23NO5. The lowest BCUT2D eigenvalue weighted by molar-refractivity contribution is -0.141. The Labute approximate surface area is 108 Å². The number of rotatable bonds is 8. The zero-order chi connectivity index (χ0) is 14.3. The Morgan fingerprint density at radius 2 is 1.72 bits per heavy atom. The highest BCUT2D eigenvalue weighted by Gasteiger charge is 2.27. The lowest BCUT2D eigenvalue weighted by Crippen LogP contribution is -2.44. The van der Waals surface area contributed by atoms with Gasteiger partial charge in [-0.15, -0.1) is 0 Å². The van der Waals surface area contributed by atoms with Crippen molar-refractivity contribution >= 4 is 11.9 Å². The minimum absolute atomic E-state index is 0.0488. The Hall–Kier alpha value is -1.14. The lowest BCUT2D eigenvalue weighted by Gasteiger charge is -2.25. The maximum Gasteiger partial charge on any atom is 0.303 e. The molecule has 0 saturated carbocycles. The van der Waals surface area contributed by atoms with E-state index in [1.54, 1.807) is 20.8 Å². The Morgan fingerprint density at radius 1 is 1.22 bits per heavy atom. The van der Waals surface area contributed by atoms with Crippen molar-refractivity contribution in [3.8, 4) is 0 Å². The summed E-state index contributed by atoms with van der Waals surface area (Å²) in [5, 5.41) is 11.5. The number of carbonyl (C=O) groups excluding carboxylic acids is 1. The summed E-state index contributed by atoms with van der Waals surface area (Å²) in [6, 6.07) is -0.298. The van der Waals surface area contributed by atoms with Gasteiger partial charge in [0.1, 0.15) is 0 Å². The first kappa shape index (κ1) is 16.9. The molecule has 1 atom stereocenters. The van der Waals surface area contributed by atoms with Gasteiger partial charge in [-0.3, -0.25) is 9.59 Å². The van der Waals surface area contributed by atoms with Crippen LogP contribution in [0.3, 0.4) is 0 Å². The maximum absolute atomic E-state index is 11.8. The molecule has 0 spiro atoms. The molecule has 0 aromatic carbocycles. The molecule has 0 aromatic rings. The van der Waals surface area contributed by atoms with Crippen LogP contribution < -0.4 is 5.32 Å². The first-order chi connectivity index (χ1) is 8.21. The van der Waals surface area contributed by atoms with Gasteiger partial charge in [-0.1, -0.05) is 13.8 Å². The minimum Gasteiger partial charge on any atom is -0.481 e. The molecule has 1 amide bonds. The molecule has 0 bridgehead atoms. The normalized spacial score (nSPS) is 13.4. The summed E-state index contributed by atoms with van der Waals surface area (Å²) in [6.07, 6.45) is -0.423. The Balaban J connectivity index is 4.29. The van der Waals surface area contributed by atoms with Crippen molar-refractivity contribution in [1.29, 1.82) is 0 Å². The van der Waals surface area contributed by atoms with E-state index in [0.717, 1.165) is 0 Å². The number of amides is 1. The van der Waals surface area contributed by atoms with Crippen LogP contribution in [0, 0.1) is 5.41 Å². The average molecular weight is 261 g/mol. The van der Waals surface area contributed by atoms with Gasteiger partial charge in [0.25, 0.3) is 0 Å². The topological polar surface area (TPSA) is 84.9 Å². The number of nitrogens with one attached hydrogen (secondary N) is 1. The summed E-state index contributed by atoms with van der Waals surface area (Å²) in [7, 11) is 2.98. The van der Waals surface area contributed by atoms with Crippen LogP contribution in [0.25, 0.3) is 0 Å². The van der Waals surface area contributed by atoms with Crippen molar-refractivity contribution in [1.82, 2.24) is 5.32 Å². The lowest BCUT2D eigenvalue weighted by atomic mass is 9.85. The Bertz CT molecular complexity index is 286. The summed E-state index contributed by atoms with van der Waals surface area (Å²) in [6.45, 7) is 5.25. The summed E-state index contributed by atoms with van der Waals surface area (Å²) in [4.78, 5) is 22.4. The quantitative estimate of drug-likeness (QED) is 0.637. The predicted molar refractivity (Wildman–Crippen MR) is 66.1 cm³/mol. The molecule has 0 fully saturated rings. The molecule has 18 heavy (non-hydrogen) atoms. The maximum atomic E-state index is 11.8. The molecule has 0 aliphatic rings. The Kier molecular flexibility index (Phi) is 6.86. The summed E-state index contributed by atoms with van der Waals surface area (Å²) in [5.74, 6) is -1.12. The molecule has 1 unspecified atom stereocenters.